The SMILES string of the molecule is COc1ccc(C(CCOS(=O)(=O)c2ccc(Br)cc2)(c2ccc(OC)cc2)c2ccc(OC)cc2)cc1. The third-order valence-corrected chi connectivity index (χ3v) is 8.42. The van der Waals surface area contributed by atoms with Crippen molar-refractivity contribution < 1.29 is 26.8 Å². The molecule has 0 amide bonds. The largest absolute Gasteiger partial charge is 0.497 e. The van der Waals surface area contributed by atoms with Crippen LogP contribution in [0.3, 0.4) is 0 Å². The van der Waals surface area contributed by atoms with Crippen LogP contribution in [-0.2, 0) is 19.7 Å². The quantitative estimate of drug-likeness (QED) is 0.143. The summed E-state index contributed by atoms with van der Waals surface area (Å²) < 4.78 is 48.6. The molecule has 38 heavy (non-hydrogen) atoms. The summed E-state index contributed by atoms with van der Waals surface area (Å²) in [5.74, 6) is 2.17. The number of methoxy groups -OCH3 is 3. The number of hydrogen-bond acceptors (Lipinski definition) is 6. The van der Waals surface area contributed by atoms with Crippen LogP contribution >= 0.6 is 15.9 Å². The molecule has 4 rings (SSSR count). The standard InChI is InChI=1S/C30H29BrO6S/c1-34-26-12-4-22(5-13-26)30(23-6-14-27(35-2)15-7-23,24-8-16-28(36-3)17-9-24)20-21-37-38(32,33)29-18-10-25(31)11-19-29/h4-19H,20-21H2,1-3H3. The fourth-order valence-corrected chi connectivity index (χ4v) is 5.71. The Bertz CT molecular complexity index is 1320. The van der Waals surface area contributed by atoms with Gasteiger partial charge in [-0.15, -0.1) is 0 Å². The molecule has 0 aliphatic rings. The highest BCUT2D eigenvalue weighted by molar-refractivity contribution is 9.10. The van der Waals surface area contributed by atoms with Crippen LogP contribution in [0.5, 0.6) is 17.2 Å². The van der Waals surface area contributed by atoms with Crippen LogP contribution in [0.4, 0.5) is 0 Å². The lowest BCUT2D eigenvalue weighted by Gasteiger charge is -2.36. The van der Waals surface area contributed by atoms with E-state index in [9.17, 15) is 8.42 Å². The first-order chi connectivity index (χ1) is 18.3. The topological polar surface area (TPSA) is 71.1 Å². The highest BCUT2D eigenvalue weighted by atomic mass is 79.9. The molecule has 8 heteroatoms. The van der Waals surface area contributed by atoms with Gasteiger partial charge in [0.2, 0.25) is 0 Å². The summed E-state index contributed by atoms with van der Waals surface area (Å²) in [5.41, 5.74) is 2.12. The average molecular weight is 598 g/mol. The number of benzene rings is 4. The lowest BCUT2D eigenvalue weighted by molar-refractivity contribution is 0.289. The van der Waals surface area contributed by atoms with Gasteiger partial charge in [-0.05, 0) is 83.8 Å². The molecule has 0 saturated heterocycles. The number of hydrogen-bond donors (Lipinski definition) is 0. The molecule has 0 fully saturated rings. The van der Waals surface area contributed by atoms with Crippen molar-refractivity contribution >= 4 is 26.0 Å². The molecule has 0 radical (unpaired) electrons. The molecule has 0 saturated carbocycles. The maximum atomic E-state index is 13.0. The van der Waals surface area contributed by atoms with Crippen molar-refractivity contribution in [2.24, 2.45) is 0 Å². The monoisotopic (exact) mass is 596 g/mol. The number of halogens is 1. The zero-order valence-corrected chi connectivity index (χ0v) is 23.8. The molecule has 4 aromatic carbocycles. The van der Waals surface area contributed by atoms with Gasteiger partial charge in [-0.3, -0.25) is 4.18 Å². The summed E-state index contributed by atoms with van der Waals surface area (Å²) >= 11 is 3.34. The second-order valence-corrected chi connectivity index (χ2v) is 11.1. The van der Waals surface area contributed by atoms with E-state index in [2.05, 4.69) is 15.9 Å². The Balaban J connectivity index is 1.81. The number of ether oxygens (including phenoxy) is 3. The number of rotatable bonds is 11. The summed E-state index contributed by atoms with van der Waals surface area (Å²) in [5, 5.41) is 0. The first-order valence-electron chi connectivity index (χ1n) is 11.9. The van der Waals surface area contributed by atoms with Crippen LogP contribution in [0.1, 0.15) is 23.1 Å². The van der Waals surface area contributed by atoms with E-state index < -0.39 is 15.5 Å². The van der Waals surface area contributed by atoms with Crippen molar-refractivity contribution in [1.29, 1.82) is 0 Å². The molecule has 0 heterocycles. The summed E-state index contributed by atoms with van der Waals surface area (Å²) in [6.45, 7) is -0.0531. The van der Waals surface area contributed by atoms with E-state index in [0.717, 1.165) is 38.4 Å². The molecule has 0 aliphatic heterocycles. The van der Waals surface area contributed by atoms with Crippen molar-refractivity contribution in [2.45, 2.75) is 16.7 Å². The minimum atomic E-state index is -3.96. The lowest BCUT2D eigenvalue weighted by atomic mass is 9.67. The third-order valence-electron chi connectivity index (χ3n) is 6.57. The molecular formula is C30H29BrO6S. The van der Waals surface area contributed by atoms with Crippen molar-refractivity contribution in [3.05, 3.63) is 118 Å². The predicted molar refractivity (Wildman–Crippen MR) is 151 cm³/mol. The Hall–Kier alpha value is -3.33. The lowest BCUT2D eigenvalue weighted by Crippen LogP contribution is -2.31. The predicted octanol–water partition coefficient (Wildman–Crippen LogP) is 6.60. The van der Waals surface area contributed by atoms with E-state index >= 15 is 0 Å². The molecule has 0 N–H and O–H groups in total. The van der Waals surface area contributed by atoms with Gasteiger partial charge < -0.3 is 14.2 Å². The molecule has 6 nitrogen and oxygen atoms in total. The van der Waals surface area contributed by atoms with Gasteiger partial charge in [0, 0.05) is 9.89 Å². The van der Waals surface area contributed by atoms with Crippen LogP contribution in [0, 0.1) is 0 Å². The molecular weight excluding hydrogens is 568 g/mol. The van der Waals surface area contributed by atoms with E-state index in [1.165, 1.54) is 12.1 Å². The molecule has 0 atom stereocenters. The van der Waals surface area contributed by atoms with Crippen molar-refractivity contribution in [3.8, 4) is 17.2 Å². The first kappa shape index (κ1) is 27.7. The molecule has 0 spiro atoms. The first-order valence-corrected chi connectivity index (χ1v) is 14.1. The fourth-order valence-electron chi connectivity index (χ4n) is 4.53. The summed E-state index contributed by atoms with van der Waals surface area (Å²) in [6, 6.07) is 29.8. The van der Waals surface area contributed by atoms with Gasteiger partial charge in [-0.1, -0.05) is 52.3 Å². The van der Waals surface area contributed by atoms with E-state index in [1.807, 2.05) is 72.8 Å². The fraction of sp³-hybridized carbons (Fsp3) is 0.200. The van der Waals surface area contributed by atoms with Crippen LogP contribution in [0.15, 0.2) is 106 Å². The van der Waals surface area contributed by atoms with Crippen LogP contribution < -0.4 is 14.2 Å². The second kappa shape index (κ2) is 12.0. The highest BCUT2D eigenvalue weighted by Gasteiger charge is 2.37. The van der Waals surface area contributed by atoms with Crippen LogP contribution in [0.2, 0.25) is 0 Å². The average Bonchev–Trinajstić information content (AvgIpc) is 2.96. The van der Waals surface area contributed by atoms with Gasteiger partial charge in [0.05, 0.1) is 32.8 Å². The van der Waals surface area contributed by atoms with Crippen LogP contribution in [0.25, 0.3) is 0 Å². The Labute approximate surface area is 232 Å². The smallest absolute Gasteiger partial charge is 0.296 e. The van der Waals surface area contributed by atoms with Gasteiger partial charge in [0.15, 0.2) is 0 Å². The van der Waals surface area contributed by atoms with Crippen molar-refractivity contribution in [1.82, 2.24) is 0 Å². The van der Waals surface area contributed by atoms with E-state index in [0.29, 0.717) is 6.42 Å². The summed E-state index contributed by atoms with van der Waals surface area (Å²) in [4.78, 5) is 0.102. The molecule has 0 unspecified atom stereocenters. The zero-order valence-electron chi connectivity index (χ0n) is 21.4. The van der Waals surface area contributed by atoms with Gasteiger partial charge in [-0.25, -0.2) is 0 Å². The highest BCUT2D eigenvalue weighted by Crippen LogP contribution is 2.44. The van der Waals surface area contributed by atoms with Crippen molar-refractivity contribution in [2.75, 3.05) is 27.9 Å². The van der Waals surface area contributed by atoms with Crippen molar-refractivity contribution in [3.63, 3.8) is 0 Å². The maximum Gasteiger partial charge on any atom is 0.296 e. The van der Waals surface area contributed by atoms with E-state index in [4.69, 9.17) is 18.4 Å². The third kappa shape index (κ3) is 5.88. The zero-order chi connectivity index (χ0) is 27.2. The van der Waals surface area contributed by atoms with Gasteiger partial charge in [0.25, 0.3) is 10.1 Å². The van der Waals surface area contributed by atoms with Gasteiger partial charge in [0.1, 0.15) is 17.2 Å². The molecule has 198 valence electrons. The van der Waals surface area contributed by atoms with E-state index in [-0.39, 0.29) is 11.5 Å². The maximum absolute atomic E-state index is 13.0. The Morgan fingerprint density at radius 1 is 0.605 bits per heavy atom. The summed E-state index contributed by atoms with van der Waals surface area (Å²) in [6.07, 6.45) is 0.341. The minimum absolute atomic E-state index is 0.0531. The normalized spacial score (nSPS) is 11.7. The molecule has 4 aromatic rings. The minimum Gasteiger partial charge on any atom is -0.497 e. The van der Waals surface area contributed by atoms with Gasteiger partial charge >= 0.3 is 0 Å². The Kier molecular flexibility index (Phi) is 8.76. The Morgan fingerprint density at radius 3 is 1.32 bits per heavy atom. The second-order valence-electron chi connectivity index (χ2n) is 8.57. The Morgan fingerprint density at radius 2 is 0.974 bits per heavy atom. The molecule has 0 aliphatic carbocycles. The van der Waals surface area contributed by atoms with E-state index in [1.54, 1.807) is 33.5 Å². The van der Waals surface area contributed by atoms with Crippen LogP contribution in [-0.4, -0.2) is 36.4 Å². The summed E-state index contributed by atoms with van der Waals surface area (Å²) in [7, 11) is 0.904. The molecule has 0 bridgehead atoms. The molecule has 0 aromatic heterocycles. The van der Waals surface area contributed by atoms with Gasteiger partial charge in [-0.2, -0.15) is 8.42 Å².